The van der Waals surface area contributed by atoms with Crippen LogP contribution in [0.2, 0.25) is 0 Å². The highest BCUT2D eigenvalue weighted by molar-refractivity contribution is 7.89. The Hall–Kier alpha value is -0.910. The second kappa shape index (κ2) is 6.90. The van der Waals surface area contributed by atoms with Gasteiger partial charge in [0.15, 0.2) is 0 Å². The molecule has 2 N–H and O–H groups in total. The van der Waals surface area contributed by atoms with Crippen LogP contribution in [0.15, 0.2) is 23.1 Å². The lowest BCUT2D eigenvalue weighted by molar-refractivity contribution is 0.361. The Labute approximate surface area is 128 Å². The maximum absolute atomic E-state index is 12.5. The summed E-state index contributed by atoms with van der Waals surface area (Å²) in [5, 5.41) is 3.34. The van der Waals surface area contributed by atoms with Gasteiger partial charge >= 0.3 is 0 Å². The molecule has 0 amide bonds. The Morgan fingerprint density at radius 2 is 1.95 bits per heavy atom. The van der Waals surface area contributed by atoms with Crippen molar-refractivity contribution in [1.29, 1.82) is 0 Å². The molecule has 2 unspecified atom stereocenters. The fourth-order valence-electron chi connectivity index (χ4n) is 2.97. The van der Waals surface area contributed by atoms with Crippen LogP contribution < -0.4 is 10.0 Å². The van der Waals surface area contributed by atoms with Crippen molar-refractivity contribution < 1.29 is 8.42 Å². The minimum Gasteiger partial charge on any atom is -0.314 e. The molecule has 1 aliphatic heterocycles. The van der Waals surface area contributed by atoms with Gasteiger partial charge in [0.1, 0.15) is 0 Å². The maximum Gasteiger partial charge on any atom is 0.240 e. The van der Waals surface area contributed by atoms with Gasteiger partial charge < -0.3 is 5.32 Å². The molecule has 1 saturated heterocycles. The first kappa shape index (κ1) is 16.5. The third-order valence-corrected chi connectivity index (χ3v) is 5.71. The van der Waals surface area contributed by atoms with Crippen molar-refractivity contribution in [3.63, 3.8) is 0 Å². The van der Waals surface area contributed by atoms with Crippen LogP contribution in [0.25, 0.3) is 0 Å². The van der Waals surface area contributed by atoms with E-state index in [1.807, 2.05) is 12.1 Å². The average Bonchev–Trinajstić information content (AvgIpc) is 2.46. The van der Waals surface area contributed by atoms with E-state index in [0.717, 1.165) is 37.8 Å². The molecule has 2 rings (SSSR count). The molecule has 118 valence electrons. The monoisotopic (exact) mass is 310 g/mol. The molecule has 21 heavy (non-hydrogen) atoms. The second-order valence-electron chi connectivity index (χ2n) is 5.84. The van der Waals surface area contributed by atoms with Gasteiger partial charge in [-0.05, 0) is 62.4 Å². The molecule has 5 heteroatoms. The van der Waals surface area contributed by atoms with E-state index < -0.39 is 10.0 Å². The van der Waals surface area contributed by atoms with Crippen LogP contribution in [0.4, 0.5) is 0 Å². The van der Waals surface area contributed by atoms with Gasteiger partial charge in [-0.3, -0.25) is 0 Å². The van der Waals surface area contributed by atoms with Gasteiger partial charge in [-0.25, -0.2) is 13.1 Å². The van der Waals surface area contributed by atoms with E-state index in [1.165, 1.54) is 5.56 Å². The van der Waals surface area contributed by atoms with Crippen LogP contribution in [0.3, 0.4) is 0 Å². The molecule has 0 aromatic heterocycles. The van der Waals surface area contributed by atoms with Crippen LogP contribution in [0.5, 0.6) is 0 Å². The second-order valence-corrected chi connectivity index (χ2v) is 7.55. The third-order valence-electron chi connectivity index (χ3n) is 4.20. The van der Waals surface area contributed by atoms with Crippen LogP contribution in [-0.2, 0) is 22.9 Å². The number of hydrogen-bond acceptors (Lipinski definition) is 3. The van der Waals surface area contributed by atoms with Gasteiger partial charge in [0, 0.05) is 12.1 Å². The Morgan fingerprint density at radius 1 is 1.24 bits per heavy atom. The van der Waals surface area contributed by atoms with E-state index in [-0.39, 0.29) is 6.04 Å². The van der Waals surface area contributed by atoms with Crippen LogP contribution in [0, 0.1) is 0 Å². The number of nitrogens with one attached hydrogen (secondary N) is 2. The predicted octanol–water partition coefficient (Wildman–Crippen LogP) is 2.23. The van der Waals surface area contributed by atoms with Gasteiger partial charge in [-0.2, -0.15) is 0 Å². The molecule has 1 heterocycles. The summed E-state index contributed by atoms with van der Waals surface area (Å²) >= 11 is 0. The number of piperidine rings is 1. The summed E-state index contributed by atoms with van der Waals surface area (Å²) < 4.78 is 27.9. The lowest BCUT2D eigenvalue weighted by Gasteiger charge is -2.28. The predicted molar refractivity (Wildman–Crippen MR) is 86.0 cm³/mol. The Kier molecular flexibility index (Phi) is 5.41. The van der Waals surface area contributed by atoms with Crippen LogP contribution in [0.1, 0.15) is 44.7 Å². The lowest BCUT2D eigenvalue weighted by Crippen LogP contribution is -2.46. The summed E-state index contributed by atoms with van der Waals surface area (Å²) in [6, 6.07) is 5.89. The van der Waals surface area contributed by atoms with Gasteiger partial charge in [0.05, 0.1) is 4.90 Å². The summed E-state index contributed by atoms with van der Waals surface area (Å²) in [5.74, 6) is 0. The van der Waals surface area contributed by atoms with Crippen molar-refractivity contribution in [2.24, 2.45) is 0 Å². The summed E-state index contributed by atoms with van der Waals surface area (Å²) in [5.41, 5.74) is 2.35. The third kappa shape index (κ3) is 4.05. The minimum atomic E-state index is -3.42. The summed E-state index contributed by atoms with van der Waals surface area (Å²) in [6.07, 6.45) is 3.48. The molecule has 0 bridgehead atoms. The van der Waals surface area contributed by atoms with Crippen LogP contribution >= 0.6 is 0 Å². The molecule has 0 spiro atoms. The molecule has 0 radical (unpaired) electrons. The first-order valence-electron chi connectivity index (χ1n) is 7.83. The molecule has 0 saturated carbocycles. The van der Waals surface area contributed by atoms with E-state index in [2.05, 4.69) is 30.8 Å². The molecule has 0 aliphatic carbocycles. The summed E-state index contributed by atoms with van der Waals surface area (Å²) in [6.45, 7) is 7.11. The van der Waals surface area contributed by atoms with Gasteiger partial charge in [0.25, 0.3) is 0 Å². The van der Waals surface area contributed by atoms with E-state index in [9.17, 15) is 8.42 Å². The molecule has 1 aromatic rings. The quantitative estimate of drug-likeness (QED) is 0.877. The number of aryl methyl sites for hydroxylation is 2. The van der Waals surface area contributed by atoms with Crippen molar-refractivity contribution >= 4 is 10.0 Å². The molecular formula is C16H26N2O2S. The Morgan fingerprint density at radius 3 is 2.57 bits per heavy atom. The zero-order chi connectivity index (χ0) is 15.5. The van der Waals surface area contributed by atoms with Crippen molar-refractivity contribution in [2.45, 2.75) is 63.4 Å². The highest BCUT2D eigenvalue weighted by Crippen LogP contribution is 2.19. The van der Waals surface area contributed by atoms with Crippen molar-refractivity contribution in [3.8, 4) is 0 Å². The largest absolute Gasteiger partial charge is 0.314 e. The fourth-order valence-corrected chi connectivity index (χ4v) is 4.30. The molecule has 1 fully saturated rings. The maximum atomic E-state index is 12.5. The number of rotatable bonds is 5. The SMILES string of the molecule is CCc1ccc(S(=O)(=O)NC2CCNC(C)C2)cc1CC. The Balaban J connectivity index is 2.19. The van der Waals surface area contributed by atoms with Gasteiger partial charge in [0.2, 0.25) is 10.0 Å². The Bertz CT molecular complexity index is 584. The molecule has 2 atom stereocenters. The zero-order valence-electron chi connectivity index (χ0n) is 13.1. The number of sulfonamides is 1. The van der Waals surface area contributed by atoms with Crippen molar-refractivity contribution in [2.75, 3.05) is 6.54 Å². The minimum absolute atomic E-state index is 0.0298. The highest BCUT2D eigenvalue weighted by Gasteiger charge is 2.24. The van der Waals surface area contributed by atoms with Gasteiger partial charge in [-0.15, -0.1) is 0 Å². The standard InChI is InChI=1S/C16H26N2O2S/c1-4-13-6-7-16(11-14(13)5-2)21(19,20)18-15-8-9-17-12(3)10-15/h6-7,11-12,15,17-18H,4-5,8-10H2,1-3H3. The molecule has 1 aliphatic rings. The first-order valence-corrected chi connectivity index (χ1v) is 9.32. The van der Waals surface area contributed by atoms with E-state index >= 15 is 0 Å². The van der Waals surface area contributed by atoms with Crippen LogP contribution in [-0.4, -0.2) is 27.0 Å². The van der Waals surface area contributed by atoms with E-state index in [4.69, 9.17) is 0 Å². The molecule has 1 aromatic carbocycles. The van der Waals surface area contributed by atoms with E-state index in [0.29, 0.717) is 10.9 Å². The number of hydrogen-bond donors (Lipinski definition) is 2. The average molecular weight is 310 g/mol. The molecular weight excluding hydrogens is 284 g/mol. The van der Waals surface area contributed by atoms with Crippen molar-refractivity contribution in [3.05, 3.63) is 29.3 Å². The smallest absolute Gasteiger partial charge is 0.240 e. The zero-order valence-corrected chi connectivity index (χ0v) is 14.0. The topological polar surface area (TPSA) is 58.2 Å². The summed E-state index contributed by atoms with van der Waals surface area (Å²) in [7, 11) is -3.42. The molecule has 4 nitrogen and oxygen atoms in total. The first-order chi connectivity index (χ1) is 9.96. The summed E-state index contributed by atoms with van der Waals surface area (Å²) in [4.78, 5) is 0.391. The van der Waals surface area contributed by atoms with Gasteiger partial charge in [-0.1, -0.05) is 19.9 Å². The number of benzene rings is 1. The lowest BCUT2D eigenvalue weighted by atomic mass is 10.0. The van der Waals surface area contributed by atoms with E-state index in [1.54, 1.807) is 6.07 Å². The fraction of sp³-hybridized carbons (Fsp3) is 0.625. The van der Waals surface area contributed by atoms with Crippen molar-refractivity contribution in [1.82, 2.24) is 10.0 Å². The normalized spacial score (nSPS) is 23.2. The highest BCUT2D eigenvalue weighted by atomic mass is 32.2.